The van der Waals surface area contributed by atoms with E-state index in [9.17, 15) is 4.39 Å². The zero-order valence-corrected chi connectivity index (χ0v) is 12.7. The molecule has 1 aromatic carbocycles. The third-order valence-corrected chi connectivity index (χ3v) is 3.47. The third-order valence-electron chi connectivity index (χ3n) is 3.47. The Morgan fingerprint density at radius 2 is 2.04 bits per heavy atom. The van der Waals surface area contributed by atoms with Gasteiger partial charge in [0, 0.05) is 31.0 Å². The van der Waals surface area contributed by atoms with E-state index in [2.05, 4.69) is 35.8 Å². The van der Waals surface area contributed by atoms with Gasteiger partial charge in [-0.05, 0) is 24.3 Å². The molecule has 9 heteroatoms. The number of imidazole rings is 1. The summed E-state index contributed by atoms with van der Waals surface area (Å²) in [7, 11) is 1.86. The number of H-pyrrole nitrogens is 1. The van der Waals surface area contributed by atoms with Crippen molar-refractivity contribution in [3.05, 3.63) is 48.7 Å². The van der Waals surface area contributed by atoms with E-state index in [0.717, 1.165) is 5.52 Å². The summed E-state index contributed by atoms with van der Waals surface area (Å²) in [4.78, 5) is 12.7. The molecule has 0 aliphatic heterocycles. The van der Waals surface area contributed by atoms with E-state index in [1.165, 1.54) is 12.1 Å². The third kappa shape index (κ3) is 2.62. The molecule has 0 amide bonds. The largest absolute Gasteiger partial charge is 0.323 e. The predicted molar refractivity (Wildman–Crippen MR) is 87.9 cm³/mol. The van der Waals surface area contributed by atoms with Crippen molar-refractivity contribution in [1.29, 1.82) is 0 Å². The quantitative estimate of drug-likeness (QED) is 0.534. The Kier molecular flexibility index (Phi) is 3.30. The summed E-state index contributed by atoms with van der Waals surface area (Å²) < 4.78 is 15.2. The number of rotatable bonds is 4. The molecule has 0 radical (unpaired) electrons. The van der Waals surface area contributed by atoms with Crippen molar-refractivity contribution >= 4 is 34.4 Å². The zero-order valence-electron chi connectivity index (χ0n) is 12.7. The Balaban J connectivity index is 1.61. The van der Waals surface area contributed by atoms with Crippen LogP contribution in [0, 0.1) is 5.82 Å². The average Bonchev–Trinajstić information content (AvgIpc) is 3.15. The van der Waals surface area contributed by atoms with E-state index in [-0.39, 0.29) is 5.82 Å². The molecule has 0 spiro atoms. The number of aromatic nitrogens is 6. The van der Waals surface area contributed by atoms with Gasteiger partial charge in [-0.15, -0.1) is 0 Å². The van der Waals surface area contributed by atoms with Crippen molar-refractivity contribution < 1.29 is 4.39 Å². The number of hydrogen-bond donors (Lipinski definition) is 3. The van der Waals surface area contributed by atoms with E-state index in [1.807, 2.05) is 17.8 Å². The summed E-state index contributed by atoms with van der Waals surface area (Å²) >= 11 is 0. The molecule has 3 N–H and O–H groups in total. The van der Waals surface area contributed by atoms with Crippen LogP contribution in [0.1, 0.15) is 0 Å². The molecule has 0 saturated carbocycles. The minimum absolute atomic E-state index is 0.327. The standard InChI is InChI=1S/C15H13FN8/c1-24-7-6-18-15(24)21-14-17-5-4-12(20-14)19-13-10-8-9(16)2-3-11(10)22-23-13/h2-8H,1H3,(H3,17,18,19,20,21,22,23). The van der Waals surface area contributed by atoms with Crippen LogP contribution >= 0.6 is 0 Å². The number of halogens is 1. The number of nitrogens with one attached hydrogen (secondary N) is 3. The molecule has 4 aromatic rings. The van der Waals surface area contributed by atoms with Gasteiger partial charge in [-0.25, -0.2) is 14.4 Å². The molecule has 24 heavy (non-hydrogen) atoms. The molecule has 0 saturated heterocycles. The van der Waals surface area contributed by atoms with E-state index in [1.54, 1.807) is 24.5 Å². The first-order chi connectivity index (χ1) is 11.7. The lowest BCUT2D eigenvalue weighted by Gasteiger charge is -2.07. The van der Waals surface area contributed by atoms with Gasteiger partial charge < -0.3 is 9.88 Å². The molecule has 3 aromatic heterocycles. The highest BCUT2D eigenvalue weighted by Gasteiger charge is 2.09. The van der Waals surface area contributed by atoms with Crippen LogP contribution in [0.5, 0.6) is 0 Å². The first-order valence-corrected chi connectivity index (χ1v) is 7.17. The smallest absolute Gasteiger partial charge is 0.231 e. The van der Waals surface area contributed by atoms with Crippen LogP contribution in [-0.2, 0) is 7.05 Å². The molecular formula is C15H13FN8. The predicted octanol–water partition coefficient (Wildman–Crippen LogP) is 2.71. The maximum Gasteiger partial charge on any atom is 0.231 e. The number of nitrogens with zero attached hydrogens (tertiary/aromatic N) is 5. The Bertz CT molecular complexity index is 1010. The molecule has 0 unspecified atom stereocenters. The van der Waals surface area contributed by atoms with Crippen LogP contribution in [0.4, 0.5) is 27.9 Å². The second kappa shape index (κ2) is 5.61. The summed E-state index contributed by atoms with van der Waals surface area (Å²) in [6.45, 7) is 0. The highest BCUT2D eigenvalue weighted by molar-refractivity contribution is 5.91. The SMILES string of the molecule is Cn1ccnc1Nc1nccc(Nc2n[nH]c3ccc(F)cc23)n1. The summed E-state index contributed by atoms with van der Waals surface area (Å²) in [6.07, 6.45) is 5.10. The van der Waals surface area contributed by atoms with E-state index < -0.39 is 0 Å². The molecule has 0 fully saturated rings. The maximum absolute atomic E-state index is 13.4. The van der Waals surface area contributed by atoms with Gasteiger partial charge in [0.2, 0.25) is 11.9 Å². The minimum atomic E-state index is -0.327. The summed E-state index contributed by atoms with van der Waals surface area (Å²) in [5.41, 5.74) is 0.735. The van der Waals surface area contributed by atoms with E-state index in [0.29, 0.717) is 28.9 Å². The fraction of sp³-hybridized carbons (Fsp3) is 0.0667. The molecule has 8 nitrogen and oxygen atoms in total. The fourth-order valence-electron chi connectivity index (χ4n) is 2.28. The summed E-state index contributed by atoms with van der Waals surface area (Å²) in [5, 5.41) is 13.7. The van der Waals surface area contributed by atoms with E-state index in [4.69, 9.17) is 0 Å². The first kappa shape index (κ1) is 14.1. The Morgan fingerprint density at radius 1 is 1.12 bits per heavy atom. The number of aromatic amines is 1. The fourth-order valence-corrected chi connectivity index (χ4v) is 2.28. The van der Waals surface area contributed by atoms with Gasteiger partial charge >= 0.3 is 0 Å². The Hall–Kier alpha value is -3.49. The Labute approximate surface area is 135 Å². The Morgan fingerprint density at radius 3 is 2.88 bits per heavy atom. The molecule has 0 aliphatic rings. The van der Waals surface area contributed by atoms with Crippen LogP contribution in [0.2, 0.25) is 0 Å². The average molecular weight is 324 g/mol. The monoisotopic (exact) mass is 324 g/mol. The van der Waals surface area contributed by atoms with E-state index >= 15 is 0 Å². The van der Waals surface area contributed by atoms with Crippen LogP contribution < -0.4 is 10.6 Å². The lowest BCUT2D eigenvalue weighted by molar-refractivity contribution is 0.630. The minimum Gasteiger partial charge on any atom is -0.323 e. The summed E-state index contributed by atoms with van der Waals surface area (Å²) in [5.74, 6) is 1.71. The van der Waals surface area contributed by atoms with Crippen LogP contribution in [0.3, 0.4) is 0 Å². The van der Waals surface area contributed by atoms with Crippen molar-refractivity contribution in [2.24, 2.45) is 7.05 Å². The molecule has 0 atom stereocenters. The van der Waals surface area contributed by atoms with Crippen molar-refractivity contribution in [3.8, 4) is 0 Å². The second-order valence-corrected chi connectivity index (χ2v) is 5.14. The molecule has 3 heterocycles. The lowest BCUT2D eigenvalue weighted by atomic mass is 10.2. The summed E-state index contributed by atoms with van der Waals surface area (Å²) in [6, 6.07) is 6.12. The maximum atomic E-state index is 13.4. The van der Waals surface area contributed by atoms with Crippen molar-refractivity contribution in [1.82, 2.24) is 29.7 Å². The van der Waals surface area contributed by atoms with Crippen LogP contribution in [-0.4, -0.2) is 29.7 Å². The number of aryl methyl sites for hydroxylation is 1. The number of hydrogen-bond acceptors (Lipinski definition) is 6. The van der Waals surface area contributed by atoms with Crippen LogP contribution in [0.25, 0.3) is 10.9 Å². The molecule has 120 valence electrons. The van der Waals surface area contributed by atoms with Gasteiger partial charge in [0.1, 0.15) is 11.6 Å². The second-order valence-electron chi connectivity index (χ2n) is 5.14. The molecule has 0 aliphatic carbocycles. The lowest BCUT2D eigenvalue weighted by Crippen LogP contribution is -2.04. The number of fused-ring (bicyclic) bond motifs is 1. The van der Waals surface area contributed by atoms with Crippen molar-refractivity contribution in [2.45, 2.75) is 0 Å². The van der Waals surface area contributed by atoms with Gasteiger partial charge in [-0.3, -0.25) is 10.4 Å². The van der Waals surface area contributed by atoms with Gasteiger partial charge in [0.05, 0.1) is 5.52 Å². The van der Waals surface area contributed by atoms with Gasteiger partial charge in [0.25, 0.3) is 0 Å². The highest BCUT2D eigenvalue weighted by Crippen LogP contribution is 2.24. The van der Waals surface area contributed by atoms with Crippen molar-refractivity contribution in [2.75, 3.05) is 10.6 Å². The van der Waals surface area contributed by atoms with Crippen LogP contribution in [0.15, 0.2) is 42.9 Å². The topological polar surface area (TPSA) is 96.3 Å². The molecule has 4 rings (SSSR count). The zero-order chi connectivity index (χ0) is 16.5. The number of anilines is 4. The number of benzene rings is 1. The molecular weight excluding hydrogens is 311 g/mol. The first-order valence-electron chi connectivity index (χ1n) is 7.17. The van der Waals surface area contributed by atoms with Gasteiger partial charge in [0.15, 0.2) is 5.82 Å². The molecule has 0 bridgehead atoms. The van der Waals surface area contributed by atoms with Gasteiger partial charge in [-0.2, -0.15) is 10.1 Å². The highest BCUT2D eigenvalue weighted by atomic mass is 19.1. The van der Waals surface area contributed by atoms with Gasteiger partial charge in [-0.1, -0.05) is 0 Å². The van der Waals surface area contributed by atoms with Crippen molar-refractivity contribution in [3.63, 3.8) is 0 Å². The normalized spacial score (nSPS) is 10.9.